The van der Waals surface area contributed by atoms with E-state index in [2.05, 4.69) is 4.98 Å². The van der Waals surface area contributed by atoms with Crippen LogP contribution in [0, 0.1) is 0 Å². The molecular weight excluding hydrogens is 364 g/mol. The predicted octanol–water partition coefficient (Wildman–Crippen LogP) is 2.71. The van der Waals surface area contributed by atoms with Crippen molar-refractivity contribution in [2.75, 3.05) is 13.1 Å². The summed E-state index contributed by atoms with van der Waals surface area (Å²) in [5.41, 5.74) is 1.62. The molecule has 1 unspecified atom stereocenters. The third kappa shape index (κ3) is 4.36. The maximum atomic E-state index is 12.5. The highest BCUT2D eigenvalue weighted by atomic mass is 35.5. The molecule has 1 saturated heterocycles. The molecule has 132 valence electrons. The van der Waals surface area contributed by atoms with E-state index in [0.29, 0.717) is 17.3 Å². The lowest BCUT2D eigenvalue weighted by molar-refractivity contribution is -0.166. The van der Waals surface area contributed by atoms with E-state index in [0.717, 1.165) is 10.6 Å². The fourth-order valence-corrected chi connectivity index (χ4v) is 3.62. The Morgan fingerprint density at radius 1 is 1.36 bits per heavy atom. The van der Waals surface area contributed by atoms with Gasteiger partial charge in [0.05, 0.1) is 24.8 Å². The lowest BCUT2D eigenvalue weighted by Gasteiger charge is -2.34. The van der Waals surface area contributed by atoms with Gasteiger partial charge in [0.25, 0.3) is 0 Å². The minimum absolute atomic E-state index is 0.0622. The Bertz CT molecular complexity index is 777. The number of ether oxygens (including phenoxy) is 1. The Morgan fingerprint density at radius 3 is 2.76 bits per heavy atom. The first-order valence-corrected chi connectivity index (χ1v) is 9.04. The van der Waals surface area contributed by atoms with Gasteiger partial charge in [0, 0.05) is 22.5 Å². The molecule has 1 N–H and O–H groups in total. The van der Waals surface area contributed by atoms with E-state index in [1.165, 1.54) is 16.2 Å². The van der Waals surface area contributed by atoms with Crippen molar-refractivity contribution in [2.24, 2.45) is 0 Å². The monoisotopic (exact) mass is 380 g/mol. The van der Waals surface area contributed by atoms with E-state index in [9.17, 15) is 9.59 Å². The molecule has 0 bridgehead atoms. The average Bonchev–Trinajstić information content (AvgIpc) is 3.03. The number of carbonyl (C=O) groups excluding carboxylic acids is 1. The zero-order valence-corrected chi connectivity index (χ0v) is 15.1. The second-order valence-corrected chi connectivity index (χ2v) is 7.19. The van der Waals surface area contributed by atoms with Crippen LogP contribution in [-0.2, 0) is 20.7 Å². The number of hydrogen-bond donors (Lipinski definition) is 1. The van der Waals surface area contributed by atoms with Crippen LogP contribution in [0.4, 0.5) is 0 Å². The molecule has 1 aromatic carbocycles. The van der Waals surface area contributed by atoms with Gasteiger partial charge in [-0.2, -0.15) is 0 Å². The van der Waals surface area contributed by atoms with Crippen molar-refractivity contribution in [2.45, 2.75) is 25.6 Å². The Kier molecular flexibility index (Phi) is 5.36. The molecule has 1 aliphatic heterocycles. The molecule has 1 amide bonds. The van der Waals surface area contributed by atoms with E-state index in [4.69, 9.17) is 21.4 Å². The van der Waals surface area contributed by atoms with Crippen LogP contribution < -0.4 is 0 Å². The first-order chi connectivity index (χ1) is 11.9. The van der Waals surface area contributed by atoms with E-state index in [1.807, 2.05) is 17.5 Å². The van der Waals surface area contributed by atoms with Crippen molar-refractivity contribution < 1.29 is 19.4 Å². The number of morpholine rings is 1. The van der Waals surface area contributed by atoms with Gasteiger partial charge >= 0.3 is 5.97 Å². The molecule has 6 nitrogen and oxygen atoms in total. The van der Waals surface area contributed by atoms with E-state index in [1.54, 1.807) is 19.1 Å². The van der Waals surface area contributed by atoms with Crippen molar-refractivity contribution in [1.82, 2.24) is 9.88 Å². The summed E-state index contributed by atoms with van der Waals surface area (Å²) in [6, 6.07) is 7.36. The summed E-state index contributed by atoms with van der Waals surface area (Å²) in [4.78, 5) is 29.7. The highest BCUT2D eigenvalue weighted by Gasteiger charge is 2.32. The Morgan fingerprint density at radius 2 is 2.08 bits per heavy atom. The zero-order valence-electron chi connectivity index (χ0n) is 13.5. The number of thiazole rings is 1. The molecule has 1 aliphatic rings. The van der Waals surface area contributed by atoms with Gasteiger partial charge in [-0.25, -0.2) is 9.78 Å². The van der Waals surface area contributed by atoms with Crippen molar-refractivity contribution in [3.05, 3.63) is 40.4 Å². The quantitative estimate of drug-likeness (QED) is 0.882. The number of nitrogens with zero attached hydrogens (tertiary/aromatic N) is 2. The van der Waals surface area contributed by atoms with Crippen LogP contribution in [-0.4, -0.2) is 52.2 Å². The van der Waals surface area contributed by atoms with Crippen molar-refractivity contribution in [1.29, 1.82) is 0 Å². The number of halogens is 1. The predicted molar refractivity (Wildman–Crippen MR) is 94.8 cm³/mol. The minimum Gasteiger partial charge on any atom is -0.479 e. The molecule has 25 heavy (non-hydrogen) atoms. The van der Waals surface area contributed by atoms with Gasteiger partial charge in [0.1, 0.15) is 5.01 Å². The first kappa shape index (κ1) is 17.8. The van der Waals surface area contributed by atoms with Crippen molar-refractivity contribution in [3.8, 4) is 10.6 Å². The van der Waals surface area contributed by atoms with Crippen molar-refractivity contribution in [3.63, 3.8) is 0 Å². The molecule has 0 saturated carbocycles. The molecule has 0 aliphatic carbocycles. The molecule has 8 heteroatoms. The van der Waals surface area contributed by atoms with Gasteiger partial charge in [0.2, 0.25) is 5.91 Å². The number of hydrogen-bond acceptors (Lipinski definition) is 5. The number of carboxylic acids is 1. The summed E-state index contributed by atoms with van der Waals surface area (Å²) in [5.74, 6) is -1.20. The van der Waals surface area contributed by atoms with Crippen LogP contribution in [0.1, 0.15) is 12.6 Å². The molecular formula is C17H17ClN2O4S. The summed E-state index contributed by atoms with van der Waals surface area (Å²) in [5, 5.41) is 12.4. The van der Waals surface area contributed by atoms with Crippen LogP contribution in [0.25, 0.3) is 10.6 Å². The topological polar surface area (TPSA) is 79.7 Å². The second-order valence-electron chi connectivity index (χ2n) is 5.90. The summed E-state index contributed by atoms with van der Waals surface area (Å²) >= 11 is 7.35. The Labute approximate surface area is 154 Å². The molecule has 3 rings (SSSR count). The molecule has 2 atom stereocenters. The molecule has 0 spiro atoms. The number of carboxylic acid groups (broad SMARTS) is 1. The lowest BCUT2D eigenvalue weighted by atomic mass is 10.2. The highest BCUT2D eigenvalue weighted by Crippen LogP contribution is 2.25. The largest absolute Gasteiger partial charge is 0.479 e. The van der Waals surface area contributed by atoms with Crippen LogP contribution in [0.2, 0.25) is 5.02 Å². The Balaban J connectivity index is 1.67. The number of aromatic nitrogens is 1. The highest BCUT2D eigenvalue weighted by molar-refractivity contribution is 7.13. The average molecular weight is 381 g/mol. The van der Waals surface area contributed by atoms with Gasteiger partial charge < -0.3 is 14.7 Å². The fourth-order valence-electron chi connectivity index (χ4n) is 2.67. The molecule has 2 heterocycles. The van der Waals surface area contributed by atoms with Crippen LogP contribution >= 0.6 is 22.9 Å². The van der Waals surface area contributed by atoms with E-state index in [-0.39, 0.29) is 25.0 Å². The first-order valence-electron chi connectivity index (χ1n) is 7.79. The third-order valence-electron chi connectivity index (χ3n) is 3.86. The number of rotatable bonds is 4. The van der Waals surface area contributed by atoms with Gasteiger partial charge in [-0.1, -0.05) is 23.7 Å². The van der Waals surface area contributed by atoms with E-state index < -0.39 is 12.1 Å². The Hall–Kier alpha value is -1.96. The summed E-state index contributed by atoms with van der Waals surface area (Å²) in [6.07, 6.45) is -1.14. The van der Waals surface area contributed by atoms with Crippen LogP contribution in [0.3, 0.4) is 0 Å². The standard InChI is InChI=1S/C17H17ClN2O4S/c1-10-7-20(8-14(24-10)17(22)23)15(21)6-13-9-25-16(19-13)11-2-4-12(18)5-3-11/h2-5,9-10,14H,6-8H2,1H3,(H,22,23)/t10-,14?/m1/s1. The van der Waals surface area contributed by atoms with Gasteiger partial charge in [-0.15, -0.1) is 11.3 Å². The summed E-state index contributed by atoms with van der Waals surface area (Å²) in [6.45, 7) is 2.21. The lowest BCUT2D eigenvalue weighted by Crippen LogP contribution is -2.52. The minimum atomic E-state index is -1.05. The normalized spacial score (nSPS) is 20.5. The molecule has 2 aromatic rings. The van der Waals surface area contributed by atoms with Gasteiger partial charge in [-0.05, 0) is 19.1 Å². The SMILES string of the molecule is C[C@@H]1CN(C(=O)Cc2csc(-c3ccc(Cl)cc3)n2)CC(C(=O)O)O1. The number of carbonyl (C=O) groups is 2. The molecule has 1 fully saturated rings. The molecule has 0 radical (unpaired) electrons. The fraction of sp³-hybridized carbons (Fsp3) is 0.353. The van der Waals surface area contributed by atoms with Gasteiger partial charge in [-0.3, -0.25) is 4.79 Å². The van der Waals surface area contributed by atoms with Gasteiger partial charge in [0.15, 0.2) is 6.10 Å². The van der Waals surface area contributed by atoms with Crippen LogP contribution in [0.15, 0.2) is 29.6 Å². The number of aliphatic carboxylic acids is 1. The maximum Gasteiger partial charge on any atom is 0.334 e. The third-order valence-corrected chi connectivity index (χ3v) is 5.06. The summed E-state index contributed by atoms with van der Waals surface area (Å²) in [7, 11) is 0. The van der Waals surface area contributed by atoms with Crippen LogP contribution in [0.5, 0.6) is 0 Å². The van der Waals surface area contributed by atoms with E-state index >= 15 is 0 Å². The smallest absolute Gasteiger partial charge is 0.334 e. The van der Waals surface area contributed by atoms with Crippen molar-refractivity contribution >= 4 is 34.8 Å². The molecule has 1 aromatic heterocycles. The number of benzene rings is 1. The summed E-state index contributed by atoms with van der Waals surface area (Å²) < 4.78 is 5.33. The number of amides is 1. The zero-order chi connectivity index (χ0) is 18.0. The second kappa shape index (κ2) is 7.51. The maximum absolute atomic E-state index is 12.5.